The molecule has 271 valence electrons. The molecule has 1 aliphatic carbocycles. The topological polar surface area (TPSA) is 0 Å². The van der Waals surface area contributed by atoms with E-state index in [1.54, 1.807) is 0 Å². The van der Waals surface area contributed by atoms with Crippen LogP contribution in [0.5, 0.6) is 0 Å². The van der Waals surface area contributed by atoms with E-state index < -0.39 is 8.07 Å². The van der Waals surface area contributed by atoms with Gasteiger partial charge in [-0.3, -0.25) is 0 Å². The number of hydrogen-bond acceptors (Lipinski definition) is 0. The molecule has 0 aromatic heterocycles. The van der Waals surface area contributed by atoms with E-state index >= 15 is 0 Å². The van der Waals surface area contributed by atoms with Crippen molar-refractivity contribution in [1.29, 1.82) is 0 Å². The van der Waals surface area contributed by atoms with Gasteiger partial charge in [-0.1, -0.05) is 0 Å². The third kappa shape index (κ3) is 6.88. The molecule has 6 rings (SSSR count). The molecule has 2 atom stereocenters. The molecule has 0 N–H and O–H groups in total. The molecule has 0 aliphatic heterocycles. The van der Waals surface area contributed by atoms with Gasteiger partial charge in [0, 0.05) is 0 Å². The predicted octanol–water partition coefficient (Wildman–Crippen LogP) is 12.1. The average molecular weight is 748 g/mol. The Balaban J connectivity index is 1.95. The fraction of sp³-hybridized carbons (Fsp3) is 0.333. The Morgan fingerprint density at radius 2 is 0.925 bits per heavy atom. The Kier molecular flexibility index (Phi) is 10.8. The summed E-state index contributed by atoms with van der Waals surface area (Å²) in [6.45, 7) is 28.8. The standard InChI is InChI=1S/C51H59Si.Ti/c1-13-38-25-39(14-2)27-46(26-38)52(51(12)34-35(3)36(4)37(51)5,48-32-44(49(6,7)8)31-45(33-48)50(9,10)11)47-29-42(40-21-17-15-18-22-40)28-43(30-47)41-23-19-16-20-24-41;/h15-33H,13-14H2,1-12H3;. The molecule has 0 saturated heterocycles. The first kappa shape index (κ1) is 39.2. The van der Waals surface area contributed by atoms with Crippen LogP contribution in [0.4, 0.5) is 0 Å². The van der Waals surface area contributed by atoms with Crippen molar-refractivity contribution in [3.8, 4) is 22.3 Å². The Bertz CT molecular complexity index is 2070. The summed E-state index contributed by atoms with van der Waals surface area (Å²) in [6.07, 6.45) is 2.02. The summed E-state index contributed by atoms with van der Waals surface area (Å²) in [5, 5.41) is 4.28. The first-order valence-corrected chi connectivity index (χ1v) is 22.4. The summed E-state index contributed by atoms with van der Waals surface area (Å²) in [5.74, 6) is 0. The summed E-state index contributed by atoms with van der Waals surface area (Å²) in [4.78, 5) is 0. The molecule has 5 aromatic rings. The van der Waals surface area contributed by atoms with Crippen LogP contribution >= 0.6 is 0 Å². The average Bonchev–Trinajstić information content (AvgIpc) is 3.30. The molecule has 5 aromatic carbocycles. The van der Waals surface area contributed by atoms with Crippen LogP contribution in [0.3, 0.4) is 0 Å². The molecule has 0 fully saturated rings. The van der Waals surface area contributed by atoms with Gasteiger partial charge in [0.2, 0.25) is 0 Å². The van der Waals surface area contributed by atoms with Gasteiger partial charge < -0.3 is 0 Å². The van der Waals surface area contributed by atoms with E-state index in [4.69, 9.17) is 0 Å². The van der Waals surface area contributed by atoms with E-state index in [0.29, 0.717) is 0 Å². The van der Waals surface area contributed by atoms with E-state index in [-0.39, 0.29) is 15.9 Å². The monoisotopic (exact) mass is 747 g/mol. The maximum atomic E-state index is 2.65. The fourth-order valence-electron chi connectivity index (χ4n) is 8.78. The Morgan fingerprint density at radius 1 is 0.509 bits per heavy atom. The molecule has 0 radical (unpaired) electrons. The van der Waals surface area contributed by atoms with Crippen LogP contribution < -0.4 is 15.6 Å². The number of rotatable bonds is 8. The van der Waals surface area contributed by atoms with E-state index in [9.17, 15) is 0 Å². The van der Waals surface area contributed by atoms with Crippen LogP contribution in [-0.2, 0) is 44.1 Å². The number of benzene rings is 5. The van der Waals surface area contributed by atoms with Gasteiger partial charge in [0.25, 0.3) is 0 Å². The van der Waals surface area contributed by atoms with Crippen LogP contribution in [0.15, 0.2) is 136 Å². The number of aryl methyl sites for hydroxylation is 2. The van der Waals surface area contributed by atoms with Crippen LogP contribution in [-0.4, -0.2) is 8.07 Å². The van der Waals surface area contributed by atoms with Gasteiger partial charge in [-0.05, 0) is 0 Å². The van der Waals surface area contributed by atoms with E-state index in [1.807, 2.05) is 0 Å². The fourth-order valence-corrected chi connectivity index (χ4v) is 16.6. The number of allylic oxidation sites excluding steroid dienone is 4. The molecule has 0 amide bonds. The van der Waals surface area contributed by atoms with Crippen LogP contribution in [0, 0.1) is 0 Å². The Morgan fingerprint density at radius 3 is 1.30 bits per heavy atom. The van der Waals surface area contributed by atoms with Crippen LogP contribution in [0.1, 0.15) is 105 Å². The van der Waals surface area contributed by atoms with Crippen molar-refractivity contribution >= 4 is 23.6 Å². The minimum absolute atomic E-state index is 0.0186. The zero-order valence-corrected chi connectivity index (χ0v) is 36.9. The molecular formula is C51H59SiTi. The zero-order chi connectivity index (χ0) is 38.5. The van der Waals surface area contributed by atoms with Crippen LogP contribution in [0.25, 0.3) is 22.3 Å². The minimum atomic E-state index is -3.08. The molecule has 0 heterocycles. The van der Waals surface area contributed by atoms with Gasteiger partial charge >= 0.3 is 336 Å². The molecular weight excluding hydrogens is 689 g/mol. The summed E-state index contributed by atoms with van der Waals surface area (Å²) >= 11 is 2.46. The van der Waals surface area contributed by atoms with Crippen molar-refractivity contribution in [1.82, 2.24) is 0 Å². The quantitative estimate of drug-likeness (QED) is 0.110. The molecule has 53 heavy (non-hydrogen) atoms. The zero-order valence-electron chi connectivity index (χ0n) is 34.4. The van der Waals surface area contributed by atoms with Crippen molar-refractivity contribution in [2.75, 3.05) is 0 Å². The van der Waals surface area contributed by atoms with Gasteiger partial charge in [0.1, 0.15) is 0 Å². The predicted molar refractivity (Wildman–Crippen MR) is 230 cm³/mol. The van der Waals surface area contributed by atoms with Crippen molar-refractivity contribution in [2.24, 2.45) is 0 Å². The van der Waals surface area contributed by atoms with Gasteiger partial charge in [-0.2, -0.15) is 0 Å². The van der Waals surface area contributed by atoms with E-state index in [2.05, 4.69) is 219 Å². The van der Waals surface area contributed by atoms with Gasteiger partial charge in [-0.15, -0.1) is 0 Å². The summed E-state index contributed by atoms with van der Waals surface area (Å²) < 4.78 is 1.52. The van der Waals surface area contributed by atoms with Crippen LogP contribution in [0.2, 0.25) is 5.04 Å². The number of hydrogen-bond donors (Lipinski definition) is 0. The third-order valence-electron chi connectivity index (χ3n) is 12.5. The summed E-state index contributed by atoms with van der Waals surface area (Å²) in [7, 11) is -3.08. The Labute approximate surface area is 334 Å². The van der Waals surface area contributed by atoms with Gasteiger partial charge in [0.05, 0.1) is 0 Å². The van der Waals surface area contributed by atoms with Crippen molar-refractivity contribution in [3.05, 3.63) is 158 Å². The molecule has 0 bridgehead atoms. The second kappa shape index (κ2) is 14.6. The molecule has 1 aliphatic rings. The van der Waals surface area contributed by atoms with Gasteiger partial charge in [-0.25, -0.2) is 0 Å². The molecule has 0 spiro atoms. The maximum absolute atomic E-state index is 3.08. The molecule has 0 saturated carbocycles. The molecule has 2 unspecified atom stereocenters. The van der Waals surface area contributed by atoms with E-state index in [0.717, 1.165) is 12.8 Å². The van der Waals surface area contributed by atoms with E-state index in [1.165, 1.54) is 80.7 Å². The van der Waals surface area contributed by atoms with Gasteiger partial charge in [0.15, 0.2) is 0 Å². The van der Waals surface area contributed by atoms with Crippen molar-refractivity contribution in [3.63, 3.8) is 0 Å². The third-order valence-corrected chi connectivity index (χ3v) is 19.8. The van der Waals surface area contributed by atoms with Crippen molar-refractivity contribution < 1.29 is 20.4 Å². The summed E-state index contributed by atoms with van der Waals surface area (Å²) in [5.41, 5.74) is 15.2. The SMILES string of the molecule is CCc1cc(CC)cc([Si](c2cc(-c3ccccc3)cc(-c3ccccc3)c2)(c2cc(C(C)(C)C)cc(C(C)(C)C)c2)C2(C)C(C)=C(C)C(C)=[C]2[Ti])c1. The normalized spacial score (nSPS) is 17.7. The Hall–Kier alpha value is -3.49. The second-order valence-electron chi connectivity index (χ2n) is 17.7. The molecule has 2 heteroatoms. The first-order valence-electron chi connectivity index (χ1n) is 19.6. The first-order chi connectivity index (χ1) is 25.0. The van der Waals surface area contributed by atoms with Crippen molar-refractivity contribution in [2.45, 2.75) is 112 Å². The molecule has 0 nitrogen and oxygen atoms in total. The summed E-state index contributed by atoms with van der Waals surface area (Å²) in [6, 6.07) is 45.3. The second-order valence-corrected chi connectivity index (χ2v) is 22.7.